The average molecular weight is 281 g/mol. The SMILES string of the molecule is CC(C)(C)C(=O)C[C@@H](Nc1ccccc1)c1ccccc1. The van der Waals surface area contributed by atoms with Gasteiger partial charge in [-0.05, 0) is 17.7 Å². The zero-order valence-electron chi connectivity index (χ0n) is 13.0. The van der Waals surface area contributed by atoms with Crippen LogP contribution in [0.25, 0.3) is 0 Å². The molecule has 2 rings (SSSR count). The van der Waals surface area contributed by atoms with Gasteiger partial charge in [-0.25, -0.2) is 0 Å². The van der Waals surface area contributed by atoms with Crippen molar-refractivity contribution in [2.75, 3.05) is 5.32 Å². The Balaban J connectivity index is 2.21. The van der Waals surface area contributed by atoms with Gasteiger partial charge < -0.3 is 5.32 Å². The van der Waals surface area contributed by atoms with Gasteiger partial charge in [0.2, 0.25) is 0 Å². The molecule has 2 aromatic carbocycles. The molecule has 2 nitrogen and oxygen atoms in total. The van der Waals surface area contributed by atoms with Gasteiger partial charge in [0.1, 0.15) is 5.78 Å². The van der Waals surface area contributed by atoms with E-state index in [9.17, 15) is 4.79 Å². The summed E-state index contributed by atoms with van der Waals surface area (Å²) in [5.74, 6) is 0.264. The maximum Gasteiger partial charge on any atom is 0.140 e. The molecule has 0 spiro atoms. The number of rotatable bonds is 5. The number of hydrogen-bond donors (Lipinski definition) is 1. The van der Waals surface area contributed by atoms with E-state index in [-0.39, 0.29) is 17.2 Å². The maximum atomic E-state index is 12.4. The number of anilines is 1. The van der Waals surface area contributed by atoms with Crippen LogP contribution in [0, 0.1) is 5.41 Å². The Bertz CT molecular complexity index is 570. The van der Waals surface area contributed by atoms with Crippen molar-refractivity contribution in [3.05, 3.63) is 66.2 Å². The van der Waals surface area contributed by atoms with Crippen LogP contribution in [-0.2, 0) is 4.79 Å². The predicted molar refractivity (Wildman–Crippen MR) is 88.3 cm³/mol. The lowest BCUT2D eigenvalue weighted by Crippen LogP contribution is -2.25. The Morgan fingerprint density at radius 3 is 2.00 bits per heavy atom. The zero-order chi connectivity index (χ0) is 15.3. The number of carbonyl (C=O) groups excluding carboxylic acids is 1. The van der Waals surface area contributed by atoms with E-state index in [1.165, 1.54) is 0 Å². The summed E-state index contributed by atoms with van der Waals surface area (Å²) in [5, 5.41) is 3.48. The molecule has 0 unspecified atom stereocenters. The first kappa shape index (κ1) is 15.3. The highest BCUT2D eigenvalue weighted by molar-refractivity contribution is 5.84. The van der Waals surface area contributed by atoms with Gasteiger partial charge in [0.05, 0.1) is 6.04 Å². The number of benzene rings is 2. The van der Waals surface area contributed by atoms with Crippen LogP contribution >= 0.6 is 0 Å². The molecular formula is C19H23NO. The second-order valence-electron chi connectivity index (χ2n) is 6.35. The third kappa shape index (κ3) is 4.45. The van der Waals surface area contributed by atoms with Gasteiger partial charge >= 0.3 is 0 Å². The summed E-state index contributed by atoms with van der Waals surface area (Å²) in [6, 6.07) is 20.2. The van der Waals surface area contributed by atoms with Gasteiger partial charge in [-0.3, -0.25) is 4.79 Å². The standard InChI is InChI=1S/C19H23NO/c1-19(2,3)18(21)14-17(15-10-6-4-7-11-15)20-16-12-8-5-9-13-16/h4-13,17,20H,14H2,1-3H3/t17-/m1/s1. The van der Waals surface area contributed by atoms with Crippen LogP contribution in [0.3, 0.4) is 0 Å². The molecule has 0 aliphatic rings. The molecule has 0 saturated heterocycles. The molecule has 0 radical (unpaired) electrons. The highest BCUT2D eigenvalue weighted by Crippen LogP contribution is 2.27. The maximum absolute atomic E-state index is 12.4. The molecule has 1 N–H and O–H groups in total. The van der Waals surface area contributed by atoms with Crippen molar-refractivity contribution in [2.24, 2.45) is 5.41 Å². The van der Waals surface area contributed by atoms with Gasteiger partial charge in [-0.1, -0.05) is 69.3 Å². The molecule has 0 aliphatic carbocycles. The monoisotopic (exact) mass is 281 g/mol. The number of ketones is 1. The van der Waals surface area contributed by atoms with Crippen LogP contribution < -0.4 is 5.32 Å². The first-order valence-electron chi connectivity index (χ1n) is 7.36. The highest BCUT2D eigenvalue weighted by Gasteiger charge is 2.25. The van der Waals surface area contributed by atoms with Gasteiger partial charge in [0, 0.05) is 17.5 Å². The summed E-state index contributed by atoms with van der Waals surface area (Å²) in [4.78, 5) is 12.4. The van der Waals surface area contributed by atoms with Crippen molar-refractivity contribution in [3.63, 3.8) is 0 Å². The van der Waals surface area contributed by atoms with Crippen LogP contribution in [0.15, 0.2) is 60.7 Å². The van der Waals surface area contributed by atoms with E-state index in [1.807, 2.05) is 69.3 Å². The lowest BCUT2D eigenvalue weighted by atomic mass is 9.85. The van der Waals surface area contributed by atoms with Crippen LogP contribution in [0.1, 0.15) is 38.8 Å². The molecule has 2 heteroatoms. The van der Waals surface area contributed by atoms with Crippen molar-refractivity contribution in [1.82, 2.24) is 0 Å². The van der Waals surface area contributed by atoms with Crippen molar-refractivity contribution in [3.8, 4) is 0 Å². The van der Waals surface area contributed by atoms with E-state index in [0.717, 1.165) is 11.3 Å². The Morgan fingerprint density at radius 1 is 0.952 bits per heavy atom. The largest absolute Gasteiger partial charge is 0.378 e. The van der Waals surface area contributed by atoms with Gasteiger partial charge in [-0.15, -0.1) is 0 Å². The zero-order valence-corrected chi connectivity index (χ0v) is 13.0. The summed E-state index contributed by atoms with van der Waals surface area (Å²) >= 11 is 0. The Labute approximate surface area is 127 Å². The molecule has 0 aliphatic heterocycles. The third-order valence-electron chi connectivity index (χ3n) is 3.54. The molecule has 21 heavy (non-hydrogen) atoms. The van der Waals surface area contributed by atoms with Gasteiger partial charge in [0.25, 0.3) is 0 Å². The van der Waals surface area contributed by atoms with Crippen molar-refractivity contribution < 1.29 is 4.79 Å². The van der Waals surface area contributed by atoms with E-state index in [1.54, 1.807) is 0 Å². The van der Waals surface area contributed by atoms with Crippen molar-refractivity contribution >= 4 is 11.5 Å². The van der Waals surface area contributed by atoms with Gasteiger partial charge in [0.15, 0.2) is 0 Å². The molecule has 1 atom stereocenters. The summed E-state index contributed by atoms with van der Waals surface area (Å²) < 4.78 is 0. The van der Waals surface area contributed by atoms with Crippen molar-refractivity contribution in [1.29, 1.82) is 0 Å². The van der Waals surface area contributed by atoms with Crippen LogP contribution in [0.2, 0.25) is 0 Å². The lowest BCUT2D eigenvalue weighted by Gasteiger charge is -2.24. The Morgan fingerprint density at radius 2 is 1.48 bits per heavy atom. The fraction of sp³-hybridized carbons (Fsp3) is 0.316. The molecule has 0 saturated carbocycles. The van der Waals surface area contributed by atoms with Gasteiger partial charge in [-0.2, -0.15) is 0 Å². The molecule has 2 aromatic rings. The lowest BCUT2D eigenvalue weighted by molar-refractivity contribution is -0.126. The molecule has 0 aromatic heterocycles. The molecule has 0 heterocycles. The second kappa shape index (κ2) is 6.57. The topological polar surface area (TPSA) is 29.1 Å². The molecule has 0 amide bonds. The second-order valence-corrected chi connectivity index (χ2v) is 6.35. The highest BCUT2D eigenvalue weighted by atomic mass is 16.1. The Hall–Kier alpha value is -2.09. The van der Waals surface area contributed by atoms with Crippen LogP contribution in [0.4, 0.5) is 5.69 Å². The van der Waals surface area contributed by atoms with Crippen LogP contribution in [-0.4, -0.2) is 5.78 Å². The summed E-state index contributed by atoms with van der Waals surface area (Å²) in [5.41, 5.74) is 1.86. The molecule has 0 bridgehead atoms. The van der Waals surface area contributed by atoms with E-state index in [4.69, 9.17) is 0 Å². The van der Waals surface area contributed by atoms with Crippen molar-refractivity contribution in [2.45, 2.75) is 33.2 Å². The third-order valence-corrected chi connectivity index (χ3v) is 3.54. The summed E-state index contributed by atoms with van der Waals surface area (Å²) in [7, 11) is 0. The number of Topliss-reactive ketones (excluding diaryl/α,β-unsaturated/α-hetero) is 1. The van der Waals surface area contributed by atoms with Crippen LogP contribution in [0.5, 0.6) is 0 Å². The normalized spacial score (nSPS) is 12.7. The fourth-order valence-corrected chi connectivity index (χ4v) is 2.16. The molecular weight excluding hydrogens is 258 g/mol. The number of nitrogens with one attached hydrogen (secondary N) is 1. The van der Waals surface area contributed by atoms with E-state index < -0.39 is 0 Å². The first-order valence-corrected chi connectivity index (χ1v) is 7.36. The van der Waals surface area contributed by atoms with E-state index in [2.05, 4.69) is 17.4 Å². The smallest absolute Gasteiger partial charge is 0.140 e. The van der Waals surface area contributed by atoms with E-state index in [0.29, 0.717) is 6.42 Å². The minimum Gasteiger partial charge on any atom is -0.378 e. The summed E-state index contributed by atoms with van der Waals surface area (Å²) in [6.07, 6.45) is 0.488. The number of para-hydroxylation sites is 1. The average Bonchev–Trinajstić information content (AvgIpc) is 2.47. The summed E-state index contributed by atoms with van der Waals surface area (Å²) in [6.45, 7) is 5.92. The fourth-order valence-electron chi connectivity index (χ4n) is 2.16. The Kier molecular flexibility index (Phi) is 4.79. The molecule has 110 valence electrons. The minimum atomic E-state index is -0.314. The minimum absolute atomic E-state index is 0.000301. The predicted octanol–water partition coefficient (Wildman–Crippen LogP) is 4.85. The van der Waals surface area contributed by atoms with E-state index >= 15 is 0 Å². The first-order chi connectivity index (χ1) is 9.97. The number of hydrogen-bond acceptors (Lipinski definition) is 2. The quantitative estimate of drug-likeness (QED) is 0.849. The number of carbonyl (C=O) groups is 1. The molecule has 0 fully saturated rings.